The summed E-state index contributed by atoms with van der Waals surface area (Å²) in [4.78, 5) is 13.8. The minimum Gasteiger partial charge on any atom is -0.381 e. The SMILES string of the molecule is O=[N+]([O-])c1ccc(NCC2Cc3ccccc32)cn1. The number of pyridine rings is 1. The van der Waals surface area contributed by atoms with Gasteiger partial charge in [0.2, 0.25) is 0 Å². The van der Waals surface area contributed by atoms with E-state index in [1.54, 1.807) is 6.07 Å². The van der Waals surface area contributed by atoms with Gasteiger partial charge in [-0.05, 0) is 33.5 Å². The molecule has 1 aromatic carbocycles. The Bertz CT molecular complexity index is 610. The average molecular weight is 255 g/mol. The van der Waals surface area contributed by atoms with Crippen molar-refractivity contribution >= 4 is 11.5 Å². The van der Waals surface area contributed by atoms with E-state index in [0.29, 0.717) is 5.92 Å². The molecule has 1 atom stereocenters. The molecule has 5 heteroatoms. The van der Waals surface area contributed by atoms with Crippen LogP contribution in [0, 0.1) is 10.1 Å². The zero-order valence-corrected chi connectivity index (χ0v) is 10.2. The highest BCUT2D eigenvalue weighted by Gasteiger charge is 2.24. The largest absolute Gasteiger partial charge is 0.381 e. The van der Waals surface area contributed by atoms with E-state index in [9.17, 15) is 10.1 Å². The Morgan fingerprint density at radius 2 is 2.16 bits per heavy atom. The minimum absolute atomic E-state index is 0.125. The number of hydrogen-bond donors (Lipinski definition) is 1. The van der Waals surface area contributed by atoms with E-state index in [2.05, 4.69) is 34.6 Å². The van der Waals surface area contributed by atoms with Gasteiger partial charge in [-0.15, -0.1) is 0 Å². The van der Waals surface area contributed by atoms with Crippen molar-refractivity contribution in [3.63, 3.8) is 0 Å². The van der Waals surface area contributed by atoms with Crippen molar-refractivity contribution in [2.24, 2.45) is 0 Å². The van der Waals surface area contributed by atoms with Gasteiger partial charge < -0.3 is 15.4 Å². The number of anilines is 1. The molecule has 96 valence electrons. The summed E-state index contributed by atoms with van der Waals surface area (Å²) >= 11 is 0. The van der Waals surface area contributed by atoms with E-state index in [0.717, 1.165) is 18.7 Å². The molecule has 0 aliphatic heterocycles. The number of hydrogen-bond acceptors (Lipinski definition) is 4. The van der Waals surface area contributed by atoms with Crippen LogP contribution in [-0.4, -0.2) is 16.5 Å². The molecule has 1 aromatic heterocycles. The van der Waals surface area contributed by atoms with Crippen molar-refractivity contribution in [1.29, 1.82) is 0 Å². The van der Waals surface area contributed by atoms with Crippen molar-refractivity contribution in [1.82, 2.24) is 4.98 Å². The van der Waals surface area contributed by atoms with Crippen molar-refractivity contribution < 1.29 is 4.92 Å². The number of nitro groups is 1. The topological polar surface area (TPSA) is 68.1 Å². The van der Waals surface area contributed by atoms with Gasteiger partial charge in [-0.2, -0.15) is 0 Å². The molecule has 1 aliphatic rings. The van der Waals surface area contributed by atoms with Crippen LogP contribution in [0.15, 0.2) is 42.6 Å². The molecule has 0 saturated heterocycles. The van der Waals surface area contributed by atoms with Crippen LogP contribution in [0.4, 0.5) is 11.5 Å². The van der Waals surface area contributed by atoms with Crippen LogP contribution in [0.2, 0.25) is 0 Å². The fraction of sp³-hybridized carbons (Fsp3) is 0.214. The molecule has 1 heterocycles. The Balaban J connectivity index is 1.60. The molecule has 1 aliphatic carbocycles. The number of nitrogens with one attached hydrogen (secondary N) is 1. The summed E-state index contributed by atoms with van der Waals surface area (Å²) in [5, 5.41) is 13.8. The second-order valence-corrected chi connectivity index (χ2v) is 4.64. The van der Waals surface area contributed by atoms with Gasteiger partial charge in [0.1, 0.15) is 0 Å². The summed E-state index contributed by atoms with van der Waals surface area (Å²) in [6.45, 7) is 0.830. The maximum absolute atomic E-state index is 10.5. The maximum Gasteiger partial charge on any atom is 0.363 e. The summed E-state index contributed by atoms with van der Waals surface area (Å²) in [6, 6.07) is 11.5. The van der Waals surface area contributed by atoms with Gasteiger partial charge in [-0.25, -0.2) is 0 Å². The molecule has 1 unspecified atom stereocenters. The number of fused-ring (bicyclic) bond motifs is 1. The van der Waals surface area contributed by atoms with Crippen LogP contribution in [-0.2, 0) is 6.42 Å². The first-order chi connectivity index (χ1) is 9.24. The second-order valence-electron chi connectivity index (χ2n) is 4.64. The third-order valence-corrected chi connectivity index (χ3v) is 3.45. The summed E-state index contributed by atoms with van der Waals surface area (Å²) in [7, 11) is 0. The van der Waals surface area contributed by atoms with E-state index in [1.807, 2.05) is 0 Å². The van der Waals surface area contributed by atoms with Crippen molar-refractivity contribution in [3.05, 3.63) is 63.8 Å². The zero-order valence-electron chi connectivity index (χ0n) is 10.2. The Morgan fingerprint density at radius 1 is 1.32 bits per heavy atom. The highest BCUT2D eigenvalue weighted by atomic mass is 16.6. The fourth-order valence-electron chi connectivity index (χ4n) is 2.38. The number of rotatable bonds is 4. The molecule has 0 spiro atoms. The van der Waals surface area contributed by atoms with Gasteiger partial charge in [0.15, 0.2) is 6.20 Å². The molecule has 0 radical (unpaired) electrons. The van der Waals surface area contributed by atoms with Crippen LogP contribution < -0.4 is 5.32 Å². The summed E-state index contributed by atoms with van der Waals surface area (Å²) in [5.74, 6) is 0.394. The highest BCUT2D eigenvalue weighted by molar-refractivity contribution is 5.46. The monoisotopic (exact) mass is 255 g/mol. The molecule has 0 fully saturated rings. The van der Waals surface area contributed by atoms with Crippen LogP contribution >= 0.6 is 0 Å². The molecule has 5 nitrogen and oxygen atoms in total. The lowest BCUT2D eigenvalue weighted by molar-refractivity contribution is -0.389. The molecular weight excluding hydrogens is 242 g/mol. The van der Waals surface area contributed by atoms with Gasteiger partial charge in [0, 0.05) is 18.5 Å². The zero-order chi connectivity index (χ0) is 13.2. The smallest absolute Gasteiger partial charge is 0.363 e. The van der Waals surface area contributed by atoms with E-state index < -0.39 is 4.92 Å². The van der Waals surface area contributed by atoms with Gasteiger partial charge in [-0.1, -0.05) is 24.3 Å². The quantitative estimate of drug-likeness (QED) is 0.673. The minimum atomic E-state index is -0.494. The first-order valence-electron chi connectivity index (χ1n) is 6.16. The molecule has 19 heavy (non-hydrogen) atoms. The lowest BCUT2D eigenvalue weighted by atomic mass is 9.77. The molecule has 3 rings (SSSR count). The summed E-state index contributed by atoms with van der Waals surface area (Å²) < 4.78 is 0. The molecule has 0 bridgehead atoms. The van der Waals surface area contributed by atoms with E-state index in [-0.39, 0.29) is 5.82 Å². The Labute approximate surface area is 110 Å². The van der Waals surface area contributed by atoms with Crippen LogP contribution in [0.3, 0.4) is 0 Å². The van der Waals surface area contributed by atoms with Crippen molar-refractivity contribution in [3.8, 4) is 0 Å². The van der Waals surface area contributed by atoms with Gasteiger partial charge in [0.25, 0.3) is 0 Å². The predicted octanol–water partition coefficient (Wildman–Crippen LogP) is 2.74. The lowest BCUT2D eigenvalue weighted by Crippen LogP contribution is -2.24. The van der Waals surface area contributed by atoms with Crippen molar-refractivity contribution in [2.75, 3.05) is 11.9 Å². The number of aromatic nitrogens is 1. The molecular formula is C14H13N3O2. The Kier molecular flexibility index (Phi) is 2.87. The first-order valence-corrected chi connectivity index (χ1v) is 6.16. The van der Waals surface area contributed by atoms with E-state index in [4.69, 9.17) is 0 Å². The third kappa shape index (κ3) is 2.27. The number of benzene rings is 1. The summed E-state index contributed by atoms with van der Waals surface area (Å²) in [5.41, 5.74) is 3.62. The lowest BCUT2D eigenvalue weighted by Gasteiger charge is -2.30. The van der Waals surface area contributed by atoms with Crippen LogP contribution in [0.5, 0.6) is 0 Å². The Hall–Kier alpha value is -2.43. The normalized spacial score (nSPS) is 16.3. The maximum atomic E-state index is 10.5. The summed E-state index contributed by atoms with van der Waals surface area (Å²) in [6.07, 6.45) is 2.59. The molecule has 0 saturated carbocycles. The highest BCUT2D eigenvalue weighted by Crippen LogP contribution is 2.34. The fourth-order valence-corrected chi connectivity index (χ4v) is 2.38. The van der Waals surface area contributed by atoms with E-state index in [1.165, 1.54) is 23.4 Å². The van der Waals surface area contributed by atoms with Gasteiger partial charge in [0.05, 0.1) is 5.69 Å². The predicted molar refractivity (Wildman–Crippen MR) is 72.3 cm³/mol. The Morgan fingerprint density at radius 3 is 2.84 bits per heavy atom. The van der Waals surface area contributed by atoms with Gasteiger partial charge >= 0.3 is 5.82 Å². The third-order valence-electron chi connectivity index (χ3n) is 3.45. The first kappa shape index (κ1) is 11.6. The van der Waals surface area contributed by atoms with Crippen LogP contribution in [0.25, 0.3) is 0 Å². The standard InChI is InChI=1S/C14H13N3O2/c18-17(19)14-6-5-12(9-16-14)15-8-11-7-10-3-1-2-4-13(10)11/h1-6,9,11,15H,7-8H2. The van der Waals surface area contributed by atoms with E-state index >= 15 is 0 Å². The second kappa shape index (κ2) is 4.68. The van der Waals surface area contributed by atoms with Crippen molar-refractivity contribution in [2.45, 2.75) is 12.3 Å². The number of nitrogens with zero attached hydrogens (tertiary/aromatic N) is 2. The van der Waals surface area contributed by atoms with Gasteiger partial charge in [-0.3, -0.25) is 0 Å². The van der Waals surface area contributed by atoms with Crippen LogP contribution in [0.1, 0.15) is 17.0 Å². The average Bonchev–Trinajstić information content (AvgIpc) is 2.40. The molecule has 0 amide bonds. The molecule has 2 aromatic rings. The molecule has 1 N–H and O–H groups in total.